The number of hydrogen-bond acceptors (Lipinski definition) is 3. The van der Waals surface area contributed by atoms with E-state index in [2.05, 4.69) is 5.32 Å². The number of hydrogen-bond donors (Lipinski definition) is 1. The molecule has 0 unspecified atom stereocenters. The molecule has 1 fully saturated rings. The molecule has 0 bridgehead atoms. The number of nitrogens with one attached hydrogen (secondary N) is 1. The van der Waals surface area contributed by atoms with Crippen LogP contribution in [0.1, 0.15) is 26.7 Å². The Bertz CT molecular complexity index is 410. The monoisotopic (exact) mass is 219 g/mol. The summed E-state index contributed by atoms with van der Waals surface area (Å²) < 4.78 is 11.3. The van der Waals surface area contributed by atoms with Crippen LogP contribution in [-0.2, 0) is 0 Å². The van der Waals surface area contributed by atoms with Gasteiger partial charge in [0.25, 0.3) is 0 Å². The molecule has 0 aromatic heterocycles. The second-order valence-electron chi connectivity index (χ2n) is 5.09. The molecule has 2 aliphatic rings. The van der Waals surface area contributed by atoms with Gasteiger partial charge in [-0.3, -0.25) is 0 Å². The van der Waals surface area contributed by atoms with E-state index in [0.29, 0.717) is 0 Å². The van der Waals surface area contributed by atoms with Crippen LogP contribution in [0.3, 0.4) is 0 Å². The van der Waals surface area contributed by atoms with E-state index in [1.54, 1.807) is 0 Å². The topological polar surface area (TPSA) is 30.5 Å². The van der Waals surface area contributed by atoms with E-state index in [9.17, 15) is 0 Å². The molecular weight excluding hydrogens is 202 g/mol. The number of benzene rings is 1. The predicted octanol–water partition coefficient (Wildman–Crippen LogP) is 3.02. The van der Waals surface area contributed by atoms with E-state index < -0.39 is 5.79 Å². The summed E-state index contributed by atoms with van der Waals surface area (Å²) in [6.07, 6.45) is 2.73. The van der Waals surface area contributed by atoms with E-state index in [4.69, 9.17) is 9.47 Å². The Morgan fingerprint density at radius 2 is 2.00 bits per heavy atom. The lowest BCUT2D eigenvalue weighted by atomic mass is 10.2. The molecule has 3 rings (SSSR count). The van der Waals surface area contributed by atoms with Crippen LogP contribution in [0.4, 0.5) is 5.69 Å². The molecule has 1 saturated carbocycles. The van der Waals surface area contributed by atoms with E-state index in [1.807, 2.05) is 32.0 Å². The van der Waals surface area contributed by atoms with E-state index in [-0.39, 0.29) is 0 Å². The van der Waals surface area contributed by atoms with E-state index in [1.165, 1.54) is 12.8 Å². The fourth-order valence-corrected chi connectivity index (χ4v) is 1.92. The lowest BCUT2D eigenvalue weighted by Gasteiger charge is -2.16. The van der Waals surface area contributed by atoms with Crippen LogP contribution < -0.4 is 14.8 Å². The first-order valence-electron chi connectivity index (χ1n) is 5.88. The molecule has 0 spiro atoms. The smallest absolute Gasteiger partial charge is 0.246 e. The molecule has 0 saturated heterocycles. The molecule has 86 valence electrons. The third-order valence-corrected chi connectivity index (χ3v) is 2.95. The first-order chi connectivity index (χ1) is 7.62. The highest BCUT2D eigenvalue weighted by Gasteiger charge is 2.31. The van der Waals surface area contributed by atoms with Crippen molar-refractivity contribution in [2.75, 3.05) is 11.9 Å². The molecule has 1 aliphatic heterocycles. The van der Waals surface area contributed by atoms with Crippen molar-refractivity contribution in [3.05, 3.63) is 18.2 Å². The van der Waals surface area contributed by atoms with Gasteiger partial charge in [-0.25, -0.2) is 0 Å². The Kier molecular flexibility index (Phi) is 2.03. The van der Waals surface area contributed by atoms with Gasteiger partial charge in [-0.15, -0.1) is 0 Å². The van der Waals surface area contributed by atoms with Gasteiger partial charge in [0.2, 0.25) is 5.79 Å². The van der Waals surface area contributed by atoms with Crippen molar-refractivity contribution in [2.24, 2.45) is 5.92 Å². The highest BCUT2D eigenvalue weighted by molar-refractivity contribution is 5.56. The number of anilines is 1. The normalized spacial score (nSPS) is 20.9. The summed E-state index contributed by atoms with van der Waals surface area (Å²) >= 11 is 0. The summed E-state index contributed by atoms with van der Waals surface area (Å²) in [5.41, 5.74) is 1.12. The van der Waals surface area contributed by atoms with Gasteiger partial charge in [-0.05, 0) is 30.9 Å². The quantitative estimate of drug-likeness (QED) is 0.847. The summed E-state index contributed by atoms with van der Waals surface area (Å²) in [6.45, 7) is 4.91. The highest BCUT2D eigenvalue weighted by atomic mass is 16.7. The Morgan fingerprint density at radius 1 is 1.25 bits per heavy atom. The van der Waals surface area contributed by atoms with E-state index in [0.717, 1.165) is 29.6 Å². The first kappa shape index (κ1) is 9.82. The van der Waals surface area contributed by atoms with Crippen molar-refractivity contribution in [2.45, 2.75) is 32.5 Å². The van der Waals surface area contributed by atoms with Gasteiger partial charge in [-0.2, -0.15) is 0 Å². The minimum absolute atomic E-state index is 0.530. The molecule has 16 heavy (non-hydrogen) atoms. The van der Waals surface area contributed by atoms with E-state index >= 15 is 0 Å². The van der Waals surface area contributed by atoms with Gasteiger partial charge in [-0.1, -0.05) is 0 Å². The second kappa shape index (κ2) is 3.30. The fourth-order valence-electron chi connectivity index (χ4n) is 1.92. The zero-order valence-corrected chi connectivity index (χ0v) is 9.75. The van der Waals surface area contributed by atoms with Crippen LogP contribution in [0.2, 0.25) is 0 Å². The summed E-state index contributed by atoms with van der Waals surface area (Å²) in [5, 5.41) is 3.43. The van der Waals surface area contributed by atoms with Crippen LogP contribution in [0.25, 0.3) is 0 Å². The molecule has 0 radical (unpaired) electrons. The average Bonchev–Trinajstić information content (AvgIpc) is 2.96. The zero-order valence-electron chi connectivity index (χ0n) is 9.75. The molecule has 0 atom stereocenters. The molecule has 1 aliphatic carbocycles. The second-order valence-corrected chi connectivity index (χ2v) is 5.09. The lowest BCUT2D eigenvalue weighted by molar-refractivity contribution is -0.0431. The van der Waals surface area contributed by atoms with Crippen molar-refractivity contribution < 1.29 is 9.47 Å². The van der Waals surface area contributed by atoms with Gasteiger partial charge < -0.3 is 14.8 Å². The maximum Gasteiger partial charge on any atom is 0.246 e. The summed E-state index contributed by atoms with van der Waals surface area (Å²) in [7, 11) is 0. The molecule has 1 aromatic carbocycles. The van der Waals surface area contributed by atoms with Crippen molar-refractivity contribution in [3.8, 4) is 11.5 Å². The maximum atomic E-state index is 5.70. The highest BCUT2D eigenvalue weighted by Crippen LogP contribution is 2.40. The van der Waals surface area contributed by atoms with Crippen LogP contribution in [0, 0.1) is 5.92 Å². The SMILES string of the molecule is CC1(C)Oc2ccc(NCC3CC3)cc2O1. The minimum atomic E-state index is -0.530. The molecule has 1 heterocycles. The van der Waals surface area contributed by atoms with Gasteiger partial charge in [0.05, 0.1) is 0 Å². The summed E-state index contributed by atoms with van der Waals surface area (Å²) in [5.74, 6) is 2.02. The van der Waals surface area contributed by atoms with Crippen LogP contribution in [0.5, 0.6) is 11.5 Å². The fraction of sp³-hybridized carbons (Fsp3) is 0.538. The zero-order chi connectivity index (χ0) is 11.2. The lowest BCUT2D eigenvalue weighted by Crippen LogP contribution is -2.29. The number of rotatable bonds is 3. The molecule has 0 amide bonds. The van der Waals surface area contributed by atoms with Gasteiger partial charge in [0.1, 0.15) is 0 Å². The molecule has 1 aromatic rings. The molecular formula is C13H17NO2. The third-order valence-electron chi connectivity index (χ3n) is 2.95. The van der Waals surface area contributed by atoms with Gasteiger partial charge in [0.15, 0.2) is 11.5 Å². The van der Waals surface area contributed by atoms with Gasteiger partial charge in [0, 0.05) is 32.1 Å². The van der Waals surface area contributed by atoms with Crippen LogP contribution in [-0.4, -0.2) is 12.3 Å². The maximum absolute atomic E-state index is 5.70. The number of fused-ring (bicyclic) bond motifs is 1. The Balaban J connectivity index is 1.73. The van der Waals surface area contributed by atoms with Gasteiger partial charge >= 0.3 is 0 Å². The Morgan fingerprint density at radius 3 is 2.75 bits per heavy atom. The standard InChI is InChI=1S/C13H17NO2/c1-13(2)15-11-6-5-10(7-12(11)16-13)14-8-9-3-4-9/h5-7,9,14H,3-4,8H2,1-2H3. The third kappa shape index (κ3) is 1.94. The first-order valence-corrected chi connectivity index (χ1v) is 5.88. The molecule has 3 nitrogen and oxygen atoms in total. The van der Waals surface area contributed by atoms with Crippen molar-refractivity contribution in [3.63, 3.8) is 0 Å². The largest absolute Gasteiger partial charge is 0.449 e. The van der Waals surface area contributed by atoms with Crippen molar-refractivity contribution in [1.82, 2.24) is 0 Å². The Labute approximate surface area is 95.8 Å². The van der Waals surface area contributed by atoms with Crippen LogP contribution >= 0.6 is 0 Å². The van der Waals surface area contributed by atoms with Crippen molar-refractivity contribution >= 4 is 5.69 Å². The van der Waals surface area contributed by atoms with Crippen LogP contribution in [0.15, 0.2) is 18.2 Å². The Hall–Kier alpha value is -1.38. The summed E-state index contributed by atoms with van der Waals surface area (Å²) in [4.78, 5) is 0. The summed E-state index contributed by atoms with van der Waals surface area (Å²) in [6, 6.07) is 6.04. The van der Waals surface area contributed by atoms with Crippen molar-refractivity contribution in [1.29, 1.82) is 0 Å². The predicted molar refractivity (Wildman–Crippen MR) is 63.0 cm³/mol. The minimum Gasteiger partial charge on any atom is -0.449 e. The average molecular weight is 219 g/mol. The molecule has 1 N–H and O–H groups in total. The molecule has 3 heteroatoms. The number of ether oxygens (including phenoxy) is 2.